The minimum Gasteiger partial charge on any atom is -0.367 e. The summed E-state index contributed by atoms with van der Waals surface area (Å²) in [4.78, 5) is 6.92. The predicted octanol–water partition coefficient (Wildman–Crippen LogP) is 0.726. The minimum atomic E-state index is 0.500. The van der Waals surface area contributed by atoms with E-state index in [2.05, 4.69) is 31.6 Å². The molecule has 0 aliphatic heterocycles. The Balaban J connectivity index is 1.93. The molecule has 2 heterocycles. The second kappa shape index (κ2) is 4.89. The van der Waals surface area contributed by atoms with Gasteiger partial charge in [0, 0.05) is 24.9 Å². The molecule has 80 valence electrons. The van der Waals surface area contributed by atoms with Gasteiger partial charge >= 0.3 is 0 Å². The molecule has 0 saturated heterocycles. The molecule has 6 heteroatoms. The highest BCUT2D eigenvalue weighted by molar-refractivity contribution is 5.50. The van der Waals surface area contributed by atoms with Crippen molar-refractivity contribution in [3.8, 4) is 6.07 Å². The molecule has 2 rings (SSSR count). The Morgan fingerprint density at radius 3 is 3.19 bits per heavy atom. The van der Waals surface area contributed by atoms with Crippen molar-refractivity contribution in [3.05, 3.63) is 36.0 Å². The molecule has 2 aromatic heterocycles. The number of nitrogens with one attached hydrogen (secondary N) is 2. The topological polar surface area (TPSA) is 90.3 Å². The number of hydrogen-bond donors (Lipinski definition) is 2. The van der Waals surface area contributed by atoms with Gasteiger partial charge in [-0.2, -0.15) is 10.4 Å². The number of rotatable bonds is 4. The monoisotopic (exact) mass is 214 g/mol. The van der Waals surface area contributed by atoms with Crippen molar-refractivity contribution in [1.29, 1.82) is 5.26 Å². The van der Waals surface area contributed by atoms with Crippen LogP contribution in [0.5, 0.6) is 0 Å². The summed E-state index contributed by atoms with van der Waals surface area (Å²) in [5.74, 6) is 0.518. The lowest BCUT2D eigenvalue weighted by atomic mass is 10.3. The third kappa shape index (κ3) is 2.33. The lowest BCUT2D eigenvalue weighted by Crippen LogP contribution is -2.08. The van der Waals surface area contributed by atoms with Crippen LogP contribution >= 0.6 is 0 Å². The molecule has 0 saturated carbocycles. The average Bonchev–Trinajstić information content (AvgIpc) is 2.83. The number of hydrogen-bond acceptors (Lipinski definition) is 5. The second-order valence-corrected chi connectivity index (χ2v) is 3.16. The third-order valence-corrected chi connectivity index (χ3v) is 2.08. The summed E-state index contributed by atoms with van der Waals surface area (Å²) < 4.78 is 0. The van der Waals surface area contributed by atoms with Crippen LogP contribution in [0.25, 0.3) is 0 Å². The molecule has 16 heavy (non-hydrogen) atoms. The summed E-state index contributed by atoms with van der Waals surface area (Å²) in [7, 11) is 0. The van der Waals surface area contributed by atoms with E-state index in [4.69, 9.17) is 5.26 Å². The third-order valence-electron chi connectivity index (χ3n) is 2.08. The van der Waals surface area contributed by atoms with Crippen molar-refractivity contribution in [2.24, 2.45) is 0 Å². The maximum absolute atomic E-state index is 8.83. The number of aromatic amines is 1. The molecule has 0 aromatic carbocycles. The quantitative estimate of drug-likeness (QED) is 0.782. The van der Waals surface area contributed by atoms with Gasteiger partial charge in [-0.05, 0) is 6.07 Å². The Kier molecular flexibility index (Phi) is 3.09. The molecule has 0 aliphatic rings. The van der Waals surface area contributed by atoms with Crippen LogP contribution in [0.4, 0.5) is 5.82 Å². The SMILES string of the molecule is N#Cc1ccnnc1NCCc1cnc[nH]1. The van der Waals surface area contributed by atoms with Gasteiger partial charge in [0.05, 0.1) is 18.1 Å². The molecule has 0 radical (unpaired) electrons. The molecular formula is C10H10N6. The fourth-order valence-corrected chi connectivity index (χ4v) is 1.29. The number of H-pyrrole nitrogens is 1. The van der Waals surface area contributed by atoms with Gasteiger partial charge in [0.25, 0.3) is 0 Å². The average molecular weight is 214 g/mol. The Morgan fingerprint density at radius 2 is 2.44 bits per heavy atom. The van der Waals surface area contributed by atoms with Crippen LogP contribution in [-0.4, -0.2) is 26.7 Å². The number of nitrogens with zero attached hydrogens (tertiary/aromatic N) is 4. The standard InChI is InChI=1S/C10H10N6/c11-5-8-1-4-15-16-10(8)13-3-2-9-6-12-7-14-9/h1,4,6-7H,2-3H2,(H,12,14)(H,13,16). The van der Waals surface area contributed by atoms with Crippen molar-refractivity contribution in [2.75, 3.05) is 11.9 Å². The molecule has 0 atom stereocenters. The van der Waals surface area contributed by atoms with E-state index in [0.29, 0.717) is 17.9 Å². The molecule has 2 aromatic rings. The van der Waals surface area contributed by atoms with Crippen LogP contribution < -0.4 is 5.32 Å². The summed E-state index contributed by atoms with van der Waals surface area (Å²) in [6, 6.07) is 3.68. The van der Waals surface area contributed by atoms with E-state index in [1.165, 1.54) is 6.20 Å². The fraction of sp³-hybridized carbons (Fsp3) is 0.200. The lowest BCUT2D eigenvalue weighted by Gasteiger charge is -2.04. The predicted molar refractivity (Wildman–Crippen MR) is 57.5 cm³/mol. The zero-order valence-electron chi connectivity index (χ0n) is 8.51. The largest absolute Gasteiger partial charge is 0.367 e. The highest BCUT2D eigenvalue weighted by Crippen LogP contribution is 2.07. The van der Waals surface area contributed by atoms with Crippen molar-refractivity contribution < 1.29 is 0 Å². The first-order valence-electron chi connectivity index (χ1n) is 4.83. The van der Waals surface area contributed by atoms with Crippen LogP contribution in [-0.2, 0) is 6.42 Å². The highest BCUT2D eigenvalue weighted by Gasteiger charge is 2.02. The molecule has 2 N–H and O–H groups in total. The van der Waals surface area contributed by atoms with E-state index >= 15 is 0 Å². The molecule has 0 amide bonds. The first kappa shape index (κ1) is 10.1. The number of aromatic nitrogens is 4. The van der Waals surface area contributed by atoms with Gasteiger partial charge in [-0.15, -0.1) is 5.10 Å². The lowest BCUT2D eigenvalue weighted by molar-refractivity contribution is 0.942. The van der Waals surface area contributed by atoms with E-state index in [0.717, 1.165) is 12.1 Å². The molecule has 0 bridgehead atoms. The molecule has 0 aliphatic carbocycles. The smallest absolute Gasteiger partial charge is 0.166 e. The summed E-state index contributed by atoms with van der Waals surface area (Å²) in [6.07, 6.45) is 5.70. The van der Waals surface area contributed by atoms with E-state index in [1.54, 1.807) is 18.6 Å². The van der Waals surface area contributed by atoms with Gasteiger partial charge in [-0.1, -0.05) is 0 Å². The first-order valence-corrected chi connectivity index (χ1v) is 4.83. The highest BCUT2D eigenvalue weighted by atomic mass is 15.2. The van der Waals surface area contributed by atoms with Crippen molar-refractivity contribution in [1.82, 2.24) is 20.2 Å². The fourth-order valence-electron chi connectivity index (χ4n) is 1.29. The van der Waals surface area contributed by atoms with Gasteiger partial charge in [-0.3, -0.25) is 0 Å². The molecule has 0 unspecified atom stereocenters. The number of anilines is 1. The number of imidazole rings is 1. The van der Waals surface area contributed by atoms with Gasteiger partial charge in [0.1, 0.15) is 6.07 Å². The maximum Gasteiger partial charge on any atom is 0.166 e. The zero-order chi connectivity index (χ0) is 11.2. The molecule has 6 nitrogen and oxygen atoms in total. The second-order valence-electron chi connectivity index (χ2n) is 3.16. The van der Waals surface area contributed by atoms with Gasteiger partial charge in [-0.25, -0.2) is 4.98 Å². The summed E-state index contributed by atoms with van der Waals surface area (Å²) in [5, 5.41) is 19.5. The van der Waals surface area contributed by atoms with Crippen LogP contribution in [0, 0.1) is 11.3 Å². The van der Waals surface area contributed by atoms with E-state index in [-0.39, 0.29) is 0 Å². The van der Waals surface area contributed by atoms with E-state index in [1.807, 2.05) is 0 Å². The van der Waals surface area contributed by atoms with Crippen LogP contribution in [0.1, 0.15) is 11.3 Å². The van der Waals surface area contributed by atoms with Crippen molar-refractivity contribution >= 4 is 5.82 Å². The van der Waals surface area contributed by atoms with Crippen molar-refractivity contribution in [2.45, 2.75) is 6.42 Å². The Morgan fingerprint density at radius 1 is 1.50 bits per heavy atom. The molecule has 0 fully saturated rings. The van der Waals surface area contributed by atoms with Crippen LogP contribution in [0.2, 0.25) is 0 Å². The Labute approximate surface area is 92.4 Å². The van der Waals surface area contributed by atoms with Gasteiger partial charge in [0.15, 0.2) is 5.82 Å². The van der Waals surface area contributed by atoms with Crippen LogP contribution in [0.3, 0.4) is 0 Å². The maximum atomic E-state index is 8.83. The van der Waals surface area contributed by atoms with Gasteiger partial charge < -0.3 is 10.3 Å². The summed E-state index contributed by atoms with van der Waals surface area (Å²) >= 11 is 0. The van der Waals surface area contributed by atoms with E-state index in [9.17, 15) is 0 Å². The first-order chi connectivity index (χ1) is 7.90. The molecular weight excluding hydrogens is 204 g/mol. The summed E-state index contributed by atoms with van der Waals surface area (Å²) in [5.41, 5.74) is 1.54. The Hall–Kier alpha value is -2.42. The summed E-state index contributed by atoms with van der Waals surface area (Å²) in [6.45, 7) is 0.676. The van der Waals surface area contributed by atoms with Crippen LogP contribution in [0.15, 0.2) is 24.8 Å². The minimum absolute atomic E-state index is 0.500. The normalized spacial score (nSPS) is 9.69. The molecule has 0 spiro atoms. The Bertz CT molecular complexity index is 484. The van der Waals surface area contributed by atoms with Crippen molar-refractivity contribution in [3.63, 3.8) is 0 Å². The zero-order valence-corrected chi connectivity index (χ0v) is 8.51. The van der Waals surface area contributed by atoms with E-state index < -0.39 is 0 Å². The van der Waals surface area contributed by atoms with Gasteiger partial charge in [0.2, 0.25) is 0 Å². The number of nitriles is 1.